The molecule has 1 heterocycles. The Labute approximate surface area is 148 Å². The minimum atomic E-state index is -0.422. The van der Waals surface area contributed by atoms with E-state index in [0.29, 0.717) is 29.1 Å². The third-order valence-electron chi connectivity index (χ3n) is 4.07. The maximum absolute atomic E-state index is 12.6. The lowest BCUT2D eigenvalue weighted by Gasteiger charge is -2.29. The van der Waals surface area contributed by atoms with Gasteiger partial charge in [-0.3, -0.25) is 0 Å². The first-order valence-electron chi connectivity index (χ1n) is 8.62. The summed E-state index contributed by atoms with van der Waals surface area (Å²) in [6, 6.07) is 9.56. The number of carbonyl (C=O) groups excluding carboxylic acids is 2. The van der Waals surface area contributed by atoms with Crippen LogP contribution in [0, 0.1) is 5.92 Å². The molecule has 0 spiro atoms. The fourth-order valence-electron chi connectivity index (χ4n) is 2.93. The highest BCUT2D eigenvalue weighted by molar-refractivity contribution is 6.03. The Morgan fingerprint density at radius 1 is 1.04 bits per heavy atom. The summed E-state index contributed by atoms with van der Waals surface area (Å²) in [4.78, 5) is 25.0. The van der Waals surface area contributed by atoms with Crippen molar-refractivity contribution < 1.29 is 19.1 Å². The van der Waals surface area contributed by atoms with Gasteiger partial charge in [-0.05, 0) is 25.8 Å². The molecule has 25 heavy (non-hydrogen) atoms. The number of esters is 2. The lowest BCUT2D eigenvalue weighted by molar-refractivity contribution is -0.140. The Kier molecular flexibility index (Phi) is 6.39. The standard InChI is InChI=1S/C20H25NO4/c1-5-12-25-19(22)16-13(3)17(20(23)24-6-2)18(21-14(16)4)15-10-8-7-9-11-15/h7-11,13,21H,5-6,12H2,1-4H3. The molecule has 0 fully saturated rings. The van der Waals surface area contributed by atoms with Crippen LogP contribution in [0.15, 0.2) is 47.2 Å². The zero-order chi connectivity index (χ0) is 18.4. The smallest absolute Gasteiger partial charge is 0.336 e. The highest BCUT2D eigenvalue weighted by atomic mass is 16.5. The molecule has 0 radical (unpaired) electrons. The fraction of sp³-hybridized carbons (Fsp3) is 0.400. The summed E-state index contributed by atoms with van der Waals surface area (Å²) in [6.45, 7) is 7.99. The van der Waals surface area contributed by atoms with E-state index >= 15 is 0 Å². The van der Waals surface area contributed by atoms with E-state index in [0.717, 1.165) is 12.0 Å². The lowest BCUT2D eigenvalue weighted by atomic mass is 9.85. The molecule has 0 bridgehead atoms. The molecule has 0 saturated carbocycles. The first kappa shape index (κ1) is 18.8. The summed E-state index contributed by atoms with van der Waals surface area (Å²) < 4.78 is 10.5. The second-order valence-corrected chi connectivity index (χ2v) is 5.90. The predicted molar refractivity (Wildman–Crippen MR) is 96.2 cm³/mol. The summed E-state index contributed by atoms with van der Waals surface area (Å²) >= 11 is 0. The Morgan fingerprint density at radius 3 is 2.28 bits per heavy atom. The van der Waals surface area contributed by atoms with E-state index in [1.54, 1.807) is 6.92 Å². The number of dihydropyridines is 1. The van der Waals surface area contributed by atoms with Crippen molar-refractivity contribution >= 4 is 17.6 Å². The van der Waals surface area contributed by atoms with Gasteiger partial charge in [-0.25, -0.2) is 9.59 Å². The number of allylic oxidation sites excluding steroid dienone is 1. The van der Waals surface area contributed by atoms with Gasteiger partial charge < -0.3 is 14.8 Å². The Balaban J connectivity index is 2.47. The second kappa shape index (κ2) is 8.51. The molecule has 1 aliphatic heterocycles. The highest BCUT2D eigenvalue weighted by Crippen LogP contribution is 2.34. The summed E-state index contributed by atoms with van der Waals surface area (Å²) in [5.74, 6) is -1.23. The summed E-state index contributed by atoms with van der Waals surface area (Å²) in [6.07, 6.45) is 0.746. The summed E-state index contributed by atoms with van der Waals surface area (Å²) in [5.41, 5.74) is 3.16. The van der Waals surface area contributed by atoms with Crippen molar-refractivity contribution in [3.05, 3.63) is 52.7 Å². The number of benzene rings is 1. The molecular weight excluding hydrogens is 318 g/mol. The average Bonchev–Trinajstić information content (AvgIpc) is 2.60. The number of nitrogens with one attached hydrogen (secondary N) is 1. The van der Waals surface area contributed by atoms with Crippen LogP contribution >= 0.6 is 0 Å². The molecule has 0 aromatic heterocycles. The van der Waals surface area contributed by atoms with Crippen LogP contribution in [0.5, 0.6) is 0 Å². The highest BCUT2D eigenvalue weighted by Gasteiger charge is 2.35. The molecule has 1 aromatic rings. The van der Waals surface area contributed by atoms with Crippen LogP contribution in [0.25, 0.3) is 5.70 Å². The van der Waals surface area contributed by atoms with Gasteiger partial charge in [-0.2, -0.15) is 0 Å². The molecule has 0 saturated heterocycles. The van der Waals surface area contributed by atoms with Crippen LogP contribution < -0.4 is 5.32 Å². The second-order valence-electron chi connectivity index (χ2n) is 5.90. The van der Waals surface area contributed by atoms with Gasteiger partial charge in [-0.15, -0.1) is 0 Å². The minimum absolute atomic E-state index is 0.273. The van der Waals surface area contributed by atoms with Crippen LogP contribution in [0.3, 0.4) is 0 Å². The van der Waals surface area contributed by atoms with Gasteiger partial charge in [0, 0.05) is 11.6 Å². The van der Waals surface area contributed by atoms with Crippen LogP contribution in [0.2, 0.25) is 0 Å². The molecule has 134 valence electrons. The maximum Gasteiger partial charge on any atom is 0.336 e. The van der Waals surface area contributed by atoms with Gasteiger partial charge in [0.2, 0.25) is 0 Å². The van der Waals surface area contributed by atoms with E-state index in [-0.39, 0.29) is 6.61 Å². The Hall–Kier alpha value is -2.56. The first-order chi connectivity index (χ1) is 12.0. The SMILES string of the molecule is CCCOC(=O)C1=C(C)NC(c2ccccc2)=C(C(=O)OCC)C1C. The van der Waals surface area contributed by atoms with E-state index in [4.69, 9.17) is 9.47 Å². The van der Waals surface area contributed by atoms with Crippen molar-refractivity contribution in [3.63, 3.8) is 0 Å². The molecule has 5 nitrogen and oxygen atoms in total. The van der Waals surface area contributed by atoms with Crippen molar-refractivity contribution in [1.82, 2.24) is 5.32 Å². The largest absolute Gasteiger partial charge is 0.463 e. The number of hydrogen-bond acceptors (Lipinski definition) is 5. The van der Waals surface area contributed by atoms with Crippen molar-refractivity contribution in [2.75, 3.05) is 13.2 Å². The summed E-state index contributed by atoms with van der Waals surface area (Å²) in [5, 5.41) is 3.22. The molecule has 2 rings (SSSR count). The predicted octanol–water partition coefficient (Wildman–Crippen LogP) is 3.43. The molecule has 0 amide bonds. The number of ether oxygens (including phenoxy) is 2. The molecule has 5 heteroatoms. The molecule has 0 aliphatic carbocycles. The van der Waals surface area contributed by atoms with Gasteiger partial charge in [0.15, 0.2) is 0 Å². The van der Waals surface area contributed by atoms with Gasteiger partial charge >= 0.3 is 11.9 Å². The Bertz CT molecular complexity index is 704. The van der Waals surface area contributed by atoms with Crippen LogP contribution in [0.1, 0.15) is 39.7 Å². The van der Waals surface area contributed by atoms with Crippen LogP contribution in [-0.4, -0.2) is 25.2 Å². The number of carbonyl (C=O) groups is 2. The van der Waals surface area contributed by atoms with E-state index in [2.05, 4.69) is 5.32 Å². The van der Waals surface area contributed by atoms with Crippen molar-refractivity contribution in [2.45, 2.75) is 34.1 Å². The molecular formula is C20H25NO4. The zero-order valence-electron chi connectivity index (χ0n) is 15.2. The Morgan fingerprint density at radius 2 is 1.68 bits per heavy atom. The summed E-state index contributed by atoms with van der Waals surface area (Å²) in [7, 11) is 0. The molecule has 1 N–H and O–H groups in total. The van der Waals surface area contributed by atoms with Crippen LogP contribution in [-0.2, 0) is 19.1 Å². The minimum Gasteiger partial charge on any atom is -0.463 e. The number of rotatable bonds is 6. The van der Waals surface area contributed by atoms with Gasteiger partial charge in [0.25, 0.3) is 0 Å². The van der Waals surface area contributed by atoms with E-state index < -0.39 is 17.9 Å². The van der Waals surface area contributed by atoms with Crippen molar-refractivity contribution in [1.29, 1.82) is 0 Å². The molecule has 1 aromatic carbocycles. The van der Waals surface area contributed by atoms with Crippen molar-refractivity contribution in [3.8, 4) is 0 Å². The first-order valence-corrected chi connectivity index (χ1v) is 8.62. The molecule has 1 unspecified atom stereocenters. The third kappa shape index (κ3) is 4.10. The zero-order valence-corrected chi connectivity index (χ0v) is 15.2. The van der Waals surface area contributed by atoms with Crippen molar-refractivity contribution in [2.24, 2.45) is 5.92 Å². The van der Waals surface area contributed by atoms with E-state index in [9.17, 15) is 9.59 Å². The quantitative estimate of drug-likeness (QED) is 0.802. The van der Waals surface area contributed by atoms with Gasteiger partial charge in [0.1, 0.15) is 0 Å². The van der Waals surface area contributed by atoms with Gasteiger partial charge in [0.05, 0.1) is 30.1 Å². The van der Waals surface area contributed by atoms with E-state index in [1.165, 1.54) is 0 Å². The normalized spacial score (nSPS) is 17.2. The van der Waals surface area contributed by atoms with E-state index in [1.807, 2.05) is 51.1 Å². The van der Waals surface area contributed by atoms with Crippen LogP contribution in [0.4, 0.5) is 0 Å². The topological polar surface area (TPSA) is 64.6 Å². The molecule has 1 atom stereocenters. The van der Waals surface area contributed by atoms with Gasteiger partial charge in [-0.1, -0.05) is 44.2 Å². The molecule has 1 aliphatic rings. The average molecular weight is 343 g/mol. The lowest BCUT2D eigenvalue weighted by Crippen LogP contribution is -2.32. The fourth-order valence-corrected chi connectivity index (χ4v) is 2.93. The number of hydrogen-bond donors (Lipinski definition) is 1. The monoisotopic (exact) mass is 343 g/mol. The maximum atomic E-state index is 12.6. The third-order valence-corrected chi connectivity index (χ3v) is 4.07.